The molecule has 1 N–H and O–H groups in total. The maximum atomic E-state index is 12.2. The third kappa shape index (κ3) is 6.08. The number of carbonyl (C=O) groups excluding carboxylic acids is 3. The Morgan fingerprint density at radius 2 is 1.81 bits per heavy atom. The summed E-state index contributed by atoms with van der Waals surface area (Å²) in [5, 5.41) is 2.39. The van der Waals surface area contributed by atoms with E-state index in [1.54, 1.807) is 0 Å². The highest BCUT2D eigenvalue weighted by molar-refractivity contribution is 8.01. The molecule has 1 fully saturated rings. The highest BCUT2D eigenvalue weighted by atomic mass is 32.2. The molecule has 1 aliphatic heterocycles. The van der Waals surface area contributed by atoms with Crippen LogP contribution in [0.3, 0.4) is 0 Å². The van der Waals surface area contributed by atoms with Crippen LogP contribution in [-0.2, 0) is 14.4 Å². The minimum absolute atomic E-state index is 0.0285. The van der Waals surface area contributed by atoms with Crippen LogP contribution in [0, 0.1) is 5.41 Å². The fraction of sp³-hybridized carbons (Fsp3) is 0.800. The standard InChI is InChI=1S/C15H26N2O3S/c1-14(2,3)9-16-11(18)8-17-12(19)7-10(13(17)20)21-15(4,5)6/h10H,7-9H2,1-6H3,(H,16,18). The van der Waals surface area contributed by atoms with E-state index in [0.717, 1.165) is 4.90 Å². The van der Waals surface area contributed by atoms with Crippen LogP contribution in [0.4, 0.5) is 0 Å². The molecule has 0 aromatic carbocycles. The average molecular weight is 314 g/mol. The maximum absolute atomic E-state index is 12.2. The lowest BCUT2D eigenvalue weighted by Gasteiger charge is -2.22. The second-order valence-electron chi connectivity index (χ2n) is 7.58. The van der Waals surface area contributed by atoms with Crippen molar-refractivity contribution < 1.29 is 14.4 Å². The molecule has 0 radical (unpaired) electrons. The molecule has 1 heterocycles. The normalized spacial score (nSPS) is 20.1. The Labute approximate surface area is 131 Å². The SMILES string of the molecule is CC(C)(C)CNC(=O)CN1C(=O)CC(SC(C)(C)C)C1=O. The molecule has 21 heavy (non-hydrogen) atoms. The Morgan fingerprint density at radius 1 is 1.24 bits per heavy atom. The van der Waals surface area contributed by atoms with Gasteiger partial charge in [-0.15, -0.1) is 11.8 Å². The van der Waals surface area contributed by atoms with Crippen molar-refractivity contribution in [2.24, 2.45) is 5.41 Å². The lowest BCUT2D eigenvalue weighted by Crippen LogP contribution is -2.43. The molecule has 120 valence electrons. The monoisotopic (exact) mass is 314 g/mol. The fourth-order valence-electron chi connectivity index (χ4n) is 1.90. The van der Waals surface area contributed by atoms with Gasteiger partial charge in [0, 0.05) is 17.7 Å². The second-order valence-corrected chi connectivity index (χ2v) is 9.61. The topological polar surface area (TPSA) is 66.5 Å². The number of likely N-dealkylation sites (tertiary alicyclic amines) is 1. The first kappa shape index (κ1) is 18.0. The van der Waals surface area contributed by atoms with Gasteiger partial charge in [0.2, 0.25) is 17.7 Å². The van der Waals surface area contributed by atoms with Crippen LogP contribution in [0.25, 0.3) is 0 Å². The molecule has 1 rings (SSSR count). The Kier molecular flexibility index (Phi) is 5.47. The number of hydrogen-bond donors (Lipinski definition) is 1. The summed E-state index contributed by atoms with van der Waals surface area (Å²) in [4.78, 5) is 37.1. The van der Waals surface area contributed by atoms with Crippen molar-refractivity contribution in [3.63, 3.8) is 0 Å². The average Bonchev–Trinajstić information content (AvgIpc) is 2.51. The van der Waals surface area contributed by atoms with E-state index in [2.05, 4.69) is 5.32 Å². The number of amides is 3. The van der Waals surface area contributed by atoms with E-state index in [0.29, 0.717) is 6.54 Å². The summed E-state index contributed by atoms with van der Waals surface area (Å²) >= 11 is 1.48. The van der Waals surface area contributed by atoms with Gasteiger partial charge in [-0.3, -0.25) is 19.3 Å². The zero-order valence-corrected chi connectivity index (χ0v) is 14.6. The highest BCUT2D eigenvalue weighted by Gasteiger charge is 2.41. The van der Waals surface area contributed by atoms with Crippen molar-refractivity contribution in [1.29, 1.82) is 0 Å². The summed E-state index contributed by atoms with van der Waals surface area (Å²) in [5.41, 5.74) is -0.0285. The molecule has 0 aromatic heterocycles. The Bertz CT molecular complexity index is 435. The first-order valence-electron chi connectivity index (χ1n) is 7.18. The summed E-state index contributed by atoms with van der Waals surface area (Å²) in [6.45, 7) is 12.4. The molecule has 3 amide bonds. The molecule has 5 nitrogen and oxygen atoms in total. The highest BCUT2D eigenvalue weighted by Crippen LogP contribution is 2.34. The summed E-state index contributed by atoms with van der Waals surface area (Å²) in [6, 6.07) is 0. The van der Waals surface area contributed by atoms with Gasteiger partial charge < -0.3 is 5.32 Å². The Balaban J connectivity index is 2.58. The third-order valence-electron chi connectivity index (χ3n) is 2.82. The van der Waals surface area contributed by atoms with Crippen molar-refractivity contribution in [2.75, 3.05) is 13.1 Å². The molecule has 0 spiro atoms. The largest absolute Gasteiger partial charge is 0.354 e. The van der Waals surface area contributed by atoms with E-state index in [1.807, 2.05) is 41.5 Å². The minimum Gasteiger partial charge on any atom is -0.354 e. The molecule has 1 unspecified atom stereocenters. The van der Waals surface area contributed by atoms with Crippen LogP contribution in [0.2, 0.25) is 0 Å². The van der Waals surface area contributed by atoms with E-state index in [9.17, 15) is 14.4 Å². The summed E-state index contributed by atoms with van der Waals surface area (Å²) in [5.74, 6) is -0.786. The molecule has 0 aliphatic carbocycles. The molecule has 0 aromatic rings. The number of carbonyl (C=O) groups is 3. The molecule has 1 saturated heterocycles. The first-order chi connectivity index (χ1) is 9.39. The van der Waals surface area contributed by atoms with E-state index >= 15 is 0 Å². The van der Waals surface area contributed by atoms with Gasteiger partial charge in [-0.1, -0.05) is 41.5 Å². The van der Waals surface area contributed by atoms with Gasteiger partial charge in [0.15, 0.2) is 0 Å². The predicted octanol–water partition coefficient (Wildman–Crippen LogP) is 1.81. The Morgan fingerprint density at radius 3 is 2.29 bits per heavy atom. The van der Waals surface area contributed by atoms with E-state index in [4.69, 9.17) is 0 Å². The quantitative estimate of drug-likeness (QED) is 0.804. The van der Waals surface area contributed by atoms with Crippen molar-refractivity contribution in [1.82, 2.24) is 10.2 Å². The summed E-state index contributed by atoms with van der Waals surface area (Å²) in [7, 11) is 0. The molecule has 0 saturated carbocycles. The van der Waals surface area contributed by atoms with Gasteiger partial charge >= 0.3 is 0 Å². The maximum Gasteiger partial charge on any atom is 0.243 e. The van der Waals surface area contributed by atoms with Crippen LogP contribution < -0.4 is 5.32 Å². The number of rotatable bonds is 4. The summed E-state index contributed by atoms with van der Waals surface area (Å²) in [6.07, 6.45) is 0.188. The second kappa shape index (κ2) is 6.38. The number of imide groups is 1. The van der Waals surface area contributed by atoms with Gasteiger partial charge in [-0.25, -0.2) is 0 Å². The Hall–Kier alpha value is -1.04. The van der Waals surface area contributed by atoms with Crippen LogP contribution in [0.5, 0.6) is 0 Å². The number of nitrogens with zero attached hydrogens (tertiary/aromatic N) is 1. The van der Waals surface area contributed by atoms with Gasteiger partial charge in [0.1, 0.15) is 6.54 Å². The van der Waals surface area contributed by atoms with Crippen molar-refractivity contribution in [3.8, 4) is 0 Å². The molecule has 1 aliphatic rings. The lowest BCUT2D eigenvalue weighted by atomic mass is 9.97. The zero-order valence-electron chi connectivity index (χ0n) is 13.8. The molecule has 6 heteroatoms. The van der Waals surface area contributed by atoms with Crippen LogP contribution in [0.15, 0.2) is 0 Å². The van der Waals surface area contributed by atoms with Gasteiger partial charge in [0.25, 0.3) is 0 Å². The molecular formula is C15H26N2O3S. The van der Waals surface area contributed by atoms with E-state index in [1.165, 1.54) is 11.8 Å². The van der Waals surface area contributed by atoms with Gasteiger partial charge in [-0.2, -0.15) is 0 Å². The molecule has 0 bridgehead atoms. The van der Waals surface area contributed by atoms with Gasteiger partial charge in [0.05, 0.1) is 5.25 Å². The van der Waals surface area contributed by atoms with Crippen LogP contribution >= 0.6 is 11.8 Å². The van der Waals surface area contributed by atoms with Crippen LogP contribution in [0.1, 0.15) is 48.0 Å². The smallest absolute Gasteiger partial charge is 0.243 e. The minimum atomic E-state index is -0.368. The van der Waals surface area contributed by atoms with E-state index < -0.39 is 0 Å². The number of nitrogens with one attached hydrogen (secondary N) is 1. The summed E-state index contributed by atoms with van der Waals surface area (Å²) < 4.78 is -0.0922. The molecular weight excluding hydrogens is 288 g/mol. The zero-order chi connectivity index (χ0) is 16.4. The third-order valence-corrected chi connectivity index (χ3v) is 4.18. The van der Waals surface area contributed by atoms with E-state index in [-0.39, 0.29) is 46.1 Å². The first-order valence-corrected chi connectivity index (χ1v) is 8.06. The van der Waals surface area contributed by atoms with Crippen molar-refractivity contribution in [2.45, 2.75) is 58.0 Å². The fourth-order valence-corrected chi connectivity index (χ4v) is 3.21. The lowest BCUT2D eigenvalue weighted by molar-refractivity contribution is -0.142. The number of hydrogen-bond acceptors (Lipinski definition) is 4. The predicted molar refractivity (Wildman–Crippen MR) is 84.9 cm³/mol. The van der Waals surface area contributed by atoms with Crippen LogP contribution in [-0.4, -0.2) is 45.7 Å². The van der Waals surface area contributed by atoms with Crippen molar-refractivity contribution >= 4 is 29.5 Å². The number of thioether (sulfide) groups is 1. The molecule has 1 atom stereocenters. The van der Waals surface area contributed by atoms with Crippen molar-refractivity contribution in [3.05, 3.63) is 0 Å². The van der Waals surface area contributed by atoms with Gasteiger partial charge in [-0.05, 0) is 5.41 Å².